The van der Waals surface area contributed by atoms with Crippen molar-refractivity contribution in [3.63, 3.8) is 0 Å². The van der Waals surface area contributed by atoms with Crippen LogP contribution in [0.5, 0.6) is 6.01 Å². The molecule has 1 aliphatic rings. The van der Waals surface area contributed by atoms with Crippen molar-refractivity contribution in [3.8, 4) is 6.01 Å². The van der Waals surface area contributed by atoms with Crippen LogP contribution in [-0.4, -0.2) is 26.1 Å². The Bertz CT molecular complexity index is 742. The van der Waals surface area contributed by atoms with Gasteiger partial charge in [-0.15, -0.1) is 0 Å². The number of ether oxygens (including phenoxy) is 1. The molecule has 0 fully saturated rings. The van der Waals surface area contributed by atoms with E-state index >= 15 is 0 Å². The molecular weight excluding hydrogens is 266 g/mol. The van der Waals surface area contributed by atoms with Crippen LogP contribution in [0.1, 0.15) is 13.3 Å². The van der Waals surface area contributed by atoms with Crippen LogP contribution in [0.15, 0.2) is 42.3 Å². The molecule has 0 atom stereocenters. The van der Waals surface area contributed by atoms with Gasteiger partial charge in [-0.25, -0.2) is 4.98 Å². The number of hydrogen-bond acceptors (Lipinski definition) is 5. The van der Waals surface area contributed by atoms with E-state index in [0.29, 0.717) is 36.1 Å². The van der Waals surface area contributed by atoms with E-state index in [0.717, 1.165) is 6.42 Å². The molecule has 2 aromatic rings. The van der Waals surface area contributed by atoms with Gasteiger partial charge in [-0.2, -0.15) is 9.97 Å². The third-order valence-corrected chi connectivity index (χ3v) is 3.19. The molecule has 3 rings (SSSR count). The Morgan fingerprint density at radius 3 is 3.05 bits per heavy atom. The zero-order valence-electron chi connectivity index (χ0n) is 11.9. The highest BCUT2D eigenvalue weighted by Gasteiger charge is 2.12. The van der Waals surface area contributed by atoms with Crippen LogP contribution in [-0.2, 0) is 6.54 Å². The van der Waals surface area contributed by atoms with Crippen LogP contribution in [0.2, 0.25) is 0 Å². The van der Waals surface area contributed by atoms with E-state index in [1.54, 1.807) is 6.33 Å². The highest BCUT2D eigenvalue weighted by Crippen LogP contribution is 2.21. The fraction of sp³-hybridized carbons (Fsp3) is 0.267. The van der Waals surface area contributed by atoms with Crippen LogP contribution >= 0.6 is 0 Å². The monoisotopic (exact) mass is 283 g/mol. The van der Waals surface area contributed by atoms with Gasteiger partial charge in [0.2, 0.25) is 0 Å². The van der Waals surface area contributed by atoms with Crippen molar-refractivity contribution in [2.24, 2.45) is 0 Å². The molecule has 0 aliphatic heterocycles. The van der Waals surface area contributed by atoms with Gasteiger partial charge < -0.3 is 15.0 Å². The molecule has 0 spiro atoms. The summed E-state index contributed by atoms with van der Waals surface area (Å²) in [7, 11) is 0. The summed E-state index contributed by atoms with van der Waals surface area (Å²) in [6, 6.07) is 0.291. The Hall–Kier alpha value is -2.63. The number of fused-ring (bicyclic) bond motifs is 1. The van der Waals surface area contributed by atoms with Crippen molar-refractivity contribution in [1.82, 2.24) is 19.5 Å². The number of nitrogens with zero attached hydrogens (tertiary/aromatic N) is 4. The fourth-order valence-corrected chi connectivity index (χ4v) is 2.21. The molecule has 2 N–H and O–H groups in total. The Morgan fingerprint density at radius 2 is 2.19 bits per heavy atom. The summed E-state index contributed by atoms with van der Waals surface area (Å²) < 4.78 is 7.32. The molecule has 0 aromatic carbocycles. The molecule has 0 saturated heterocycles. The zero-order valence-corrected chi connectivity index (χ0v) is 11.9. The molecule has 6 nitrogen and oxygen atoms in total. The van der Waals surface area contributed by atoms with Crippen molar-refractivity contribution >= 4 is 17.0 Å². The summed E-state index contributed by atoms with van der Waals surface area (Å²) >= 11 is 0. The minimum Gasteiger partial charge on any atom is -0.464 e. The van der Waals surface area contributed by atoms with Crippen molar-refractivity contribution in [2.45, 2.75) is 19.9 Å². The maximum atomic E-state index is 5.91. The van der Waals surface area contributed by atoms with Crippen LogP contribution in [0, 0.1) is 0 Å². The lowest BCUT2D eigenvalue weighted by Gasteiger charge is -2.07. The lowest BCUT2D eigenvalue weighted by molar-refractivity contribution is 0.314. The number of nitrogen functional groups attached to an aromatic ring is 1. The first-order chi connectivity index (χ1) is 10.3. The van der Waals surface area contributed by atoms with Crippen molar-refractivity contribution in [2.75, 3.05) is 12.3 Å². The van der Waals surface area contributed by atoms with E-state index < -0.39 is 0 Å². The van der Waals surface area contributed by atoms with Gasteiger partial charge in [0, 0.05) is 6.54 Å². The van der Waals surface area contributed by atoms with Crippen LogP contribution in [0.25, 0.3) is 11.2 Å². The average Bonchev–Trinajstić information content (AvgIpc) is 2.70. The normalized spacial score (nSPS) is 14.2. The third kappa shape index (κ3) is 2.79. The number of aromatic nitrogens is 4. The number of allylic oxidation sites excluding steroid dienone is 6. The lowest BCUT2D eigenvalue weighted by atomic mass is 10.2. The Morgan fingerprint density at radius 1 is 1.29 bits per heavy atom. The van der Waals surface area contributed by atoms with E-state index in [-0.39, 0.29) is 0 Å². The van der Waals surface area contributed by atoms with Crippen LogP contribution in [0.3, 0.4) is 0 Å². The maximum absolute atomic E-state index is 5.91. The molecule has 1 aliphatic carbocycles. The number of anilines is 1. The number of rotatable bonds is 4. The molecule has 0 unspecified atom stereocenters. The van der Waals surface area contributed by atoms with Crippen molar-refractivity contribution in [3.05, 3.63) is 42.3 Å². The van der Waals surface area contributed by atoms with E-state index in [4.69, 9.17) is 10.5 Å². The largest absolute Gasteiger partial charge is 0.464 e. The Labute approximate surface area is 122 Å². The summed E-state index contributed by atoms with van der Waals surface area (Å²) in [6.45, 7) is 3.10. The highest BCUT2D eigenvalue weighted by atomic mass is 16.5. The number of nitrogens with two attached hydrogens (primary N) is 1. The molecule has 2 aromatic heterocycles. The minimum atomic E-state index is 0.291. The fourth-order valence-electron chi connectivity index (χ4n) is 2.21. The minimum absolute atomic E-state index is 0.291. The predicted molar refractivity (Wildman–Crippen MR) is 81.9 cm³/mol. The molecule has 6 heteroatoms. The summed E-state index contributed by atoms with van der Waals surface area (Å²) in [5, 5.41) is 0. The second-order valence-electron chi connectivity index (χ2n) is 4.71. The molecule has 0 radical (unpaired) electrons. The van der Waals surface area contributed by atoms with E-state index in [2.05, 4.69) is 27.1 Å². The van der Waals surface area contributed by atoms with Gasteiger partial charge in [-0.1, -0.05) is 30.4 Å². The van der Waals surface area contributed by atoms with Gasteiger partial charge in [-0.3, -0.25) is 0 Å². The molecule has 21 heavy (non-hydrogen) atoms. The first kappa shape index (κ1) is 13.4. The molecule has 0 bridgehead atoms. The van der Waals surface area contributed by atoms with Crippen molar-refractivity contribution < 1.29 is 4.74 Å². The first-order valence-corrected chi connectivity index (χ1v) is 6.90. The Kier molecular flexibility index (Phi) is 3.68. The number of hydrogen-bond donors (Lipinski definition) is 1. The second-order valence-corrected chi connectivity index (χ2v) is 4.71. The smallest absolute Gasteiger partial charge is 0.320 e. The molecule has 108 valence electrons. The van der Waals surface area contributed by atoms with Gasteiger partial charge in [-0.05, 0) is 18.9 Å². The molecule has 2 heterocycles. The summed E-state index contributed by atoms with van der Waals surface area (Å²) in [5.74, 6) is 0.344. The molecule has 0 saturated carbocycles. The van der Waals surface area contributed by atoms with E-state index in [1.165, 1.54) is 5.57 Å². The highest BCUT2D eigenvalue weighted by molar-refractivity contribution is 5.81. The predicted octanol–water partition coefficient (Wildman–Crippen LogP) is 2.25. The van der Waals surface area contributed by atoms with Crippen LogP contribution < -0.4 is 10.5 Å². The zero-order chi connectivity index (χ0) is 14.7. The van der Waals surface area contributed by atoms with Gasteiger partial charge in [0.25, 0.3) is 0 Å². The second kappa shape index (κ2) is 5.78. The average molecular weight is 283 g/mol. The molecule has 0 amide bonds. The van der Waals surface area contributed by atoms with Gasteiger partial charge >= 0.3 is 6.01 Å². The van der Waals surface area contributed by atoms with Gasteiger partial charge in [0.15, 0.2) is 17.0 Å². The van der Waals surface area contributed by atoms with Crippen molar-refractivity contribution in [1.29, 1.82) is 0 Å². The van der Waals surface area contributed by atoms with Gasteiger partial charge in [0.05, 0.1) is 12.9 Å². The first-order valence-electron chi connectivity index (χ1n) is 6.90. The van der Waals surface area contributed by atoms with E-state index in [1.807, 2.05) is 29.7 Å². The summed E-state index contributed by atoms with van der Waals surface area (Å²) in [5.41, 5.74) is 8.50. The third-order valence-electron chi connectivity index (χ3n) is 3.19. The Balaban J connectivity index is 1.97. The quantitative estimate of drug-likeness (QED) is 0.931. The standard InChI is InChI=1S/C15H17N5O/c1-2-21-15-18-13(16)12-14(19-15)20(10-17-12)9-11-7-5-3-4-6-8-11/h3-7,10H,2,8-9H2,1H3,(H2,16,18,19). The lowest BCUT2D eigenvalue weighted by Crippen LogP contribution is -2.05. The molecular formula is C15H17N5O. The number of imidazole rings is 1. The SMILES string of the molecule is CCOc1nc(N)c2ncn(CC3=CC=CC=CC3)c2n1. The van der Waals surface area contributed by atoms with Crippen LogP contribution in [0.4, 0.5) is 5.82 Å². The summed E-state index contributed by atoms with van der Waals surface area (Å²) in [4.78, 5) is 12.8. The maximum Gasteiger partial charge on any atom is 0.320 e. The van der Waals surface area contributed by atoms with E-state index in [9.17, 15) is 0 Å². The summed E-state index contributed by atoms with van der Waals surface area (Å²) in [6.07, 6.45) is 13.0. The van der Waals surface area contributed by atoms with Gasteiger partial charge in [0.1, 0.15) is 0 Å². The topological polar surface area (TPSA) is 78.9 Å².